The molecule has 0 spiro atoms. The number of nitro benzene ring substituents is 1. The molecule has 1 N–H and O–H groups in total. The van der Waals surface area contributed by atoms with Crippen LogP contribution in [0.2, 0.25) is 0 Å². The van der Waals surface area contributed by atoms with Gasteiger partial charge in [-0.1, -0.05) is 26.0 Å². The Labute approximate surface area is 222 Å². The SMILES string of the molecule is COc1cc2c(cc1OC)C(COc1ccc(C(C)C)cc1)N(C(=S)Nc1ccc([N+](=O)[O-])cc1)CC2. The van der Waals surface area contributed by atoms with Crippen molar-refractivity contribution in [2.75, 3.05) is 32.7 Å². The number of nitro groups is 1. The summed E-state index contributed by atoms with van der Waals surface area (Å²) >= 11 is 5.80. The largest absolute Gasteiger partial charge is 0.493 e. The van der Waals surface area contributed by atoms with Gasteiger partial charge in [0.05, 0.1) is 25.2 Å². The lowest BCUT2D eigenvalue weighted by Crippen LogP contribution is -2.44. The third kappa shape index (κ3) is 5.94. The molecular weight excluding hydrogens is 490 g/mol. The molecule has 1 aliphatic rings. The first-order valence-corrected chi connectivity index (χ1v) is 12.5. The minimum Gasteiger partial charge on any atom is -0.493 e. The second-order valence-corrected chi connectivity index (χ2v) is 9.52. The van der Waals surface area contributed by atoms with E-state index in [1.54, 1.807) is 26.4 Å². The zero-order valence-corrected chi connectivity index (χ0v) is 22.2. The van der Waals surface area contributed by atoms with Crippen LogP contribution >= 0.6 is 12.2 Å². The van der Waals surface area contributed by atoms with Crippen LogP contribution in [-0.4, -0.2) is 42.3 Å². The highest BCUT2D eigenvalue weighted by molar-refractivity contribution is 7.80. The molecule has 37 heavy (non-hydrogen) atoms. The molecule has 1 aliphatic heterocycles. The molecule has 3 aromatic rings. The van der Waals surface area contributed by atoms with Crippen LogP contribution in [0.5, 0.6) is 17.2 Å². The number of fused-ring (bicyclic) bond motifs is 1. The monoisotopic (exact) mass is 521 g/mol. The van der Waals surface area contributed by atoms with Crippen LogP contribution in [0.1, 0.15) is 42.5 Å². The van der Waals surface area contributed by atoms with E-state index in [9.17, 15) is 10.1 Å². The second-order valence-electron chi connectivity index (χ2n) is 9.13. The highest BCUT2D eigenvalue weighted by Crippen LogP contribution is 2.39. The van der Waals surface area contributed by atoms with Crippen molar-refractivity contribution in [3.8, 4) is 17.2 Å². The van der Waals surface area contributed by atoms with Gasteiger partial charge < -0.3 is 24.4 Å². The molecule has 0 amide bonds. The molecule has 0 aliphatic carbocycles. The summed E-state index contributed by atoms with van der Waals surface area (Å²) < 4.78 is 17.4. The number of nitrogens with zero attached hydrogens (tertiary/aromatic N) is 2. The van der Waals surface area contributed by atoms with Gasteiger partial charge in [-0.05, 0) is 77.6 Å². The zero-order valence-electron chi connectivity index (χ0n) is 21.4. The Bertz CT molecular complexity index is 1260. The molecule has 0 saturated carbocycles. The Morgan fingerprint density at radius 3 is 2.32 bits per heavy atom. The Kier molecular flexibility index (Phi) is 8.13. The lowest BCUT2D eigenvalue weighted by molar-refractivity contribution is -0.384. The van der Waals surface area contributed by atoms with Crippen LogP contribution in [0, 0.1) is 10.1 Å². The lowest BCUT2D eigenvalue weighted by atomic mass is 9.92. The smallest absolute Gasteiger partial charge is 0.269 e. The van der Waals surface area contributed by atoms with Gasteiger partial charge >= 0.3 is 0 Å². The van der Waals surface area contributed by atoms with Crippen molar-refractivity contribution < 1.29 is 19.1 Å². The first-order valence-electron chi connectivity index (χ1n) is 12.1. The van der Waals surface area contributed by atoms with Gasteiger partial charge in [0.15, 0.2) is 16.6 Å². The average molecular weight is 522 g/mol. The summed E-state index contributed by atoms with van der Waals surface area (Å²) in [7, 11) is 3.25. The lowest BCUT2D eigenvalue weighted by Gasteiger charge is -2.39. The number of methoxy groups -OCH3 is 2. The van der Waals surface area contributed by atoms with Crippen molar-refractivity contribution in [1.82, 2.24) is 4.90 Å². The van der Waals surface area contributed by atoms with E-state index >= 15 is 0 Å². The fraction of sp³-hybridized carbons (Fsp3) is 0.321. The molecule has 194 valence electrons. The predicted octanol–water partition coefficient (Wildman–Crippen LogP) is 6.11. The number of anilines is 1. The summed E-state index contributed by atoms with van der Waals surface area (Å²) in [6.45, 7) is 5.35. The number of nitrogens with one attached hydrogen (secondary N) is 1. The van der Waals surface area contributed by atoms with Gasteiger partial charge in [0.2, 0.25) is 0 Å². The number of non-ortho nitro benzene ring substituents is 1. The number of benzene rings is 3. The topological polar surface area (TPSA) is 86.1 Å². The fourth-order valence-corrected chi connectivity index (χ4v) is 4.77. The average Bonchev–Trinajstić information content (AvgIpc) is 2.91. The van der Waals surface area contributed by atoms with Crippen LogP contribution < -0.4 is 19.5 Å². The van der Waals surface area contributed by atoms with E-state index < -0.39 is 4.92 Å². The van der Waals surface area contributed by atoms with Gasteiger partial charge in [0.1, 0.15) is 12.4 Å². The van der Waals surface area contributed by atoms with Crippen molar-refractivity contribution >= 4 is 28.7 Å². The third-order valence-corrected chi connectivity index (χ3v) is 6.88. The third-order valence-electron chi connectivity index (χ3n) is 6.55. The van der Waals surface area contributed by atoms with Gasteiger partial charge in [0.25, 0.3) is 5.69 Å². The summed E-state index contributed by atoms with van der Waals surface area (Å²) in [5.41, 5.74) is 4.16. The van der Waals surface area contributed by atoms with E-state index in [-0.39, 0.29) is 11.7 Å². The van der Waals surface area contributed by atoms with Gasteiger partial charge in [-0.25, -0.2) is 0 Å². The minimum absolute atomic E-state index is 0.0270. The van der Waals surface area contributed by atoms with Crippen molar-refractivity contribution in [3.63, 3.8) is 0 Å². The molecule has 3 aromatic carbocycles. The summed E-state index contributed by atoms with van der Waals surface area (Å²) in [5.74, 6) is 2.56. The molecule has 1 atom stereocenters. The van der Waals surface area contributed by atoms with Crippen LogP contribution in [0.4, 0.5) is 11.4 Å². The fourth-order valence-electron chi connectivity index (χ4n) is 4.44. The Morgan fingerprint density at radius 1 is 1.08 bits per heavy atom. The normalized spacial score (nSPS) is 14.6. The van der Waals surface area contributed by atoms with Gasteiger partial charge in [-0.15, -0.1) is 0 Å². The molecule has 4 rings (SSSR count). The maximum absolute atomic E-state index is 11.0. The van der Waals surface area contributed by atoms with E-state index in [4.69, 9.17) is 26.4 Å². The number of rotatable bonds is 8. The standard InChI is InChI=1S/C28H31N3O5S/c1-18(2)19-5-11-23(12-6-19)36-17-25-24-16-27(35-4)26(34-3)15-20(24)13-14-30(25)28(37)29-21-7-9-22(10-8-21)31(32)33/h5-12,15-16,18,25H,13-14,17H2,1-4H3,(H,29,37). The van der Waals surface area contributed by atoms with Crippen molar-refractivity contribution in [2.45, 2.75) is 32.2 Å². The number of ether oxygens (including phenoxy) is 3. The van der Waals surface area contributed by atoms with Crippen LogP contribution in [0.25, 0.3) is 0 Å². The number of thiocarbonyl (C=S) groups is 1. The van der Waals surface area contributed by atoms with E-state index in [1.807, 2.05) is 24.3 Å². The molecule has 1 unspecified atom stereocenters. The minimum atomic E-state index is -0.424. The van der Waals surface area contributed by atoms with Crippen molar-refractivity contribution in [3.05, 3.63) is 87.5 Å². The summed E-state index contributed by atoms with van der Waals surface area (Å²) in [4.78, 5) is 12.7. The van der Waals surface area contributed by atoms with Gasteiger partial charge in [0, 0.05) is 24.4 Å². The molecule has 0 bridgehead atoms. The van der Waals surface area contributed by atoms with E-state index in [0.29, 0.717) is 41.4 Å². The molecule has 0 radical (unpaired) electrons. The number of hydrogen-bond donors (Lipinski definition) is 1. The van der Waals surface area contributed by atoms with Crippen molar-refractivity contribution in [2.24, 2.45) is 0 Å². The maximum Gasteiger partial charge on any atom is 0.269 e. The first-order chi connectivity index (χ1) is 17.8. The maximum atomic E-state index is 11.0. The van der Waals surface area contributed by atoms with E-state index in [1.165, 1.54) is 17.7 Å². The first kappa shape index (κ1) is 26.2. The zero-order chi connectivity index (χ0) is 26.5. The molecule has 0 saturated heterocycles. The molecule has 8 nitrogen and oxygen atoms in total. The van der Waals surface area contributed by atoms with E-state index in [2.05, 4.69) is 36.2 Å². The Balaban J connectivity index is 1.61. The Hall–Kier alpha value is -3.85. The summed E-state index contributed by atoms with van der Waals surface area (Å²) in [5, 5.41) is 14.7. The molecule has 0 aromatic heterocycles. The molecular formula is C28H31N3O5S. The molecule has 9 heteroatoms. The van der Waals surface area contributed by atoms with Crippen LogP contribution in [0.3, 0.4) is 0 Å². The van der Waals surface area contributed by atoms with Gasteiger partial charge in [-0.3, -0.25) is 10.1 Å². The van der Waals surface area contributed by atoms with Crippen molar-refractivity contribution in [1.29, 1.82) is 0 Å². The summed E-state index contributed by atoms with van der Waals surface area (Å²) in [6, 6.07) is 18.2. The van der Waals surface area contributed by atoms with Crippen LogP contribution in [0.15, 0.2) is 60.7 Å². The highest BCUT2D eigenvalue weighted by atomic mass is 32.1. The quantitative estimate of drug-likeness (QED) is 0.216. The second kappa shape index (κ2) is 11.5. The molecule has 1 heterocycles. The number of hydrogen-bond acceptors (Lipinski definition) is 6. The molecule has 0 fully saturated rings. The van der Waals surface area contributed by atoms with Gasteiger partial charge in [-0.2, -0.15) is 0 Å². The summed E-state index contributed by atoms with van der Waals surface area (Å²) in [6.07, 6.45) is 0.761. The Morgan fingerprint density at radius 2 is 1.73 bits per heavy atom. The highest BCUT2D eigenvalue weighted by Gasteiger charge is 2.31. The predicted molar refractivity (Wildman–Crippen MR) is 148 cm³/mol. The van der Waals surface area contributed by atoms with Crippen LogP contribution in [-0.2, 0) is 6.42 Å². The van der Waals surface area contributed by atoms with E-state index in [0.717, 1.165) is 23.3 Å².